The molecule has 2 aromatic heterocycles. The molecular weight excluding hydrogens is 452 g/mol. The van der Waals surface area contributed by atoms with Crippen molar-refractivity contribution in [3.8, 4) is 5.88 Å². The van der Waals surface area contributed by atoms with E-state index in [1.54, 1.807) is 17.7 Å². The third-order valence-corrected chi connectivity index (χ3v) is 8.49. The molecule has 8 nitrogen and oxygen atoms in total. The summed E-state index contributed by atoms with van der Waals surface area (Å²) in [5.74, 6) is 0.865. The Hall–Kier alpha value is -1.97. The summed E-state index contributed by atoms with van der Waals surface area (Å²) in [5.41, 5.74) is 0.763. The van der Waals surface area contributed by atoms with Gasteiger partial charge in [-0.2, -0.15) is 0 Å². The van der Waals surface area contributed by atoms with Gasteiger partial charge in [-0.25, -0.2) is 14.8 Å². The lowest BCUT2D eigenvalue weighted by atomic mass is 9.91. The van der Waals surface area contributed by atoms with E-state index in [2.05, 4.69) is 14.9 Å². The molecule has 1 amide bonds. The highest BCUT2D eigenvalue weighted by Crippen LogP contribution is 2.46. The predicted molar refractivity (Wildman–Crippen MR) is 132 cm³/mol. The fourth-order valence-electron chi connectivity index (χ4n) is 5.59. The quantitative estimate of drug-likeness (QED) is 0.697. The number of aliphatic hydroxyl groups is 1. The van der Waals surface area contributed by atoms with Crippen molar-refractivity contribution in [3.05, 3.63) is 16.8 Å². The van der Waals surface area contributed by atoms with Crippen molar-refractivity contribution in [2.75, 3.05) is 32.8 Å². The standard InChI is InChI=1S/C25H36N4O4S/c1-25(2,3)33-24(31)29-12-10-28(11-13-29)17-5-7-18(8-6-17)32-22-21-20-16(14-30)4-9-19(20)34-23(21)27-15-26-22/h15-18,30H,4-14H2,1-3H3/t16-,17-,18-/m1/s1. The van der Waals surface area contributed by atoms with Crippen LogP contribution in [0.1, 0.15) is 69.2 Å². The molecule has 0 bridgehead atoms. The van der Waals surface area contributed by atoms with E-state index in [9.17, 15) is 9.90 Å². The first kappa shape index (κ1) is 23.8. The third kappa shape index (κ3) is 4.88. The molecule has 2 aliphatic carbocycles. The molecule has 34 heavy (non-hydrogen) atoms. The lowest BCUT2D eigenvalue weighted by Gasteiger charge is -2.42. The maximum absolute atomic E-state index is 12.3. The first-order valence-corrected chi connectivity index (χ1v) is 13.4. The molecule has 1 N–H and O–H groups in total. The lowest BCUT2D eigenvalue weighted by Crippen LogP contribution is -2.53. The predicted octanol–water partition coefficient (Wildman–Crippen LogP) is 3.96. The van der Waals surface area contributed by atoms with Crippen LogP contribution in [0.4, 0.5) is 4.79 Å². The van der Waals surface area contributed by atoms with Crippen LogP contribution < -0.4 is 4.74 Å². The largest absolute Gasteiger partial charge is 0.474 e. The number of hydrogen-bond acceptors (Lipinski definition) is 8. The molecule has 0 unspecified atom stereocenters. The van der Waals surface area contributed by atoms with Crippen LogP contribution >= 0.6 is 11.3 Å². The zero-order valence-electron chi connectivity index (χ0n) is 20.5. The Morgan fingerprint density at radius 1 is 1.12 bits per heavy atom. The average Bonchev–Trinajstić information content (AvgIpc) is 3.38. The Kier molecular flexibility index (Phi) is 6.70. The van der Waals surface area contributed by atoms with Crippen LogP contribution in [0.25, 0.3) is 10.2 Å². The Balaban J connectivity index is 1.16. The van der Waals surface area contributed by atoms with Gasteiger partial charge in [0.05, 0.1) is 12.0 Å². The fourth-order valence-corrected chi connectivity index (χ4v) is 6.83. The molecule has 186 valence electrons. The molecule has 3 aliphatic rings. The van der Waals surface area contributed by atoms with Gasteiger partial charge in [-0.05, 0) is 64.9 Å². The zero-order valence-corrected chi connectivity index (χ0v) is 21.3. The van der Waals surface area contributed by atoms with E-state index in [1.165, 1.54) is 10.4 Å². The van der Waals surface area contributed by atoms with Gasteiger partial charge in [-0.1, -0.05) is 0 Å². The van der Waals surface area contributed by atoms with Gasteiger partial charge in [0.2, 0.25) is 5.88 Å². The Bertz CT molecular complexity index is 1020. The van der Waals surface area contributed by atoms with Gasteiger partial charge in [0.15, 0.2) is 0 Å². The second-order valence-electron chi connectivity index (χ2n) is 10.8. The summed E-state index contributed by atoms with van der Waals surface area (Å²) >= 11 is 1.72. The molecule has 1 aliphatic heterocycles. The lowest BCUT2D eigenvalue weighted by molar-refractivity contribution is 0.00509. The second kappa shape index (κ2) is 9.59. The molecule has 1 atom stereocenters. The molecule has 2 fully saturated rings. The number of aromatic nitrogens is 2. The Labute approximate surface area is 205 Å². The van der Waals surface area contributed by atoms with Gasteiger partial charge >= 0.3 is 6.09 Å². The molecular formula is C25H36N4O4S. The van der Waals surface area contributed by atoms with Crippen LogP contribution in [0.2, 0.25) is 0 Å². The van der Waals surface area contributed by atoms with Crippen molar-refractivity contribution < 1.29 is 19.4 Å². The molecule has 0 radical (unpaired) electrons. The Morgan fingerprint density at radius 3 is 2.53 bits per heavy atom. The maximum Gasteiger partial charge on any atom is 0.410 e. The van der Waals surface area contributed by atoms with Gasteiger partial charge in [0.25, 0.3) is 0 Å². The molecule has 1 saturated carbocycles. The van der Waals surface area contributed by atoms with E-state index in [0.29, 0.717) is 11.9 Å². The van der Waals surface area contributed by atoms with E-state index < -0.39 is 5.60 Å². The van der Waals surface area contributed by atoms with E-state index in [1.807, 2.05) is 25.7 Å². The van der Waals surface area contributed by atoms with Crippen LogP contribution in [0.3, 0.4) is 0 Å². The molecule has 3 heterocycles. The summed E-state index contributed by atoms with van der Waals surface area (Å²) in [7, 11) is 0. The highest BCUT2D eigenvalue weighted by atomic mass is 32.1. The third-order valence-electron chi connectivity index (χ3n) is 7.32. The van der Waals surface area contributed by atoms with Crippen molar-refractivity contribution in [2.24, 2.45) is 0 Å². The van der Waals surface area contributed by atoms with Crippen molar-refractivity contribution in [3.63, 3.8) is 0 Å². The summed E-state index contributed by atoms with van der Waals surface area (Å²) in [6.07, 6.45) is 7.73. The van der Waals surface area contributed by atoms with Gasteiger partial charge < -0.3 is 19.5 Å². The molecule has 5 rings (SSSR count). The van der Waals surface area contributed by atoms with Crippen LogP contribution in [-0.2, 0) is 11.2 Å². The van der Waals surface area contributed by atoms with Crippen molar-refractivity contribution >= 4 is 27.6 Å². The minimum absolute atomic E-state index is 0.155. The highest BCUT2D eigenvalue weighted by molar-refractivity contribution is 7.19. The Morgan fingerprint density at radius 2 is 1.85 bits per heavy atom. The first-order valence-electron chi connectivity index (χ1n) is 12.6. The average molecular weight is 489 g/mol. The number of rotatable bonds is 4. The van der Waals surface area contributed by atoms with Crippen LogP contribution in [-0.4, -0.2) is 81.5 Å². The van der Waals surface area contributed by atoms with Gasteiger partial charge in [0, 0.05) is 43.0 Å². The van der Waals surface area contributed by atoms with E-state index in [4.69, 9.17) is 9.47 Å². The summed E-state index contributed by atoms with van der Waals surface area (Å²) in [5, 5.41) is 10.9. The van der Waals surface area contributed by atoms with Crippen LogP contribution in [0, 0.1) is 0 Å². The fraction of sp³-hybridized carbons (Fsp3) is 0.720. The molecule has 0 spiro atoms. The van der Waals surface area contributed by atoms with Gasteiger partial charge in [-0.15, -0.1) is 11.3 Å². The van der Waals surface area contributed by atoms with E-state index in [0.717, 1.165) is 74.9 Å². The topological polar surface area (TPSA) is 88.0 Å². The molecule has 9 heteroatoms. The smallest absolute Gasteiger partial charge is 0.410 e. The second-order valence-corrected chi connectivity index (χ2v) is 11.9. The summed E-state index contributed by atoms with van der Waals surface area (Å²) in [4.78, 5) is 28.0. The van der Waals surface area contributed by atoms with Gasteiger partial charge in [0.1, 0.15) is 22.9 Å². The maximum atomic E-state index is 12.3. The number of hydrogen-bond donors (Lipinski definition) is 1. The van der Waals surface area contributed by atoms with Crippen LogP contribution in [0.15, 0.2) is 6.33 Å². The normalized spacial score (nSPS) is 26.0. The van der Waals surface area contributed by atoms with Gasteiger partial charge in [-0.3, -0.25) is 4.90 Å². The van der Waals surface area contributed by atoms with Crippen LogP contribution in [0.5, 0.6) is 5.88 Å². The first-order chi connectivity index (χ1) is 16.3. The monoisotopic (exact) mass is 488 g/mol. The summed E-state index contributed by atoms with van der Waals surface area (Å²) < 4.78 is 12.0. The molecule has 0 aromatic carbocycles. The van der Waals surface area contributed by atoms with Crippen molar-refractivity contribution in [2.45, 2.75) is 83.0 Å². The number of aryl methyl sites for hydroxylation is 1. The summed E-state index contributed by atoms with van der Waals surface area (Å²) in [6.45, 7) is 9.12. The number of piperazine rings is 1. The SMILES string of the molecule is CC(C)(C)OC(=O)N1CCN([C@H]2CC[C@H](Oc3ncnc4sc5c(c34)[C@@H](CO)CC5)CC2)CC1. The summed E-state index contributed by atoms with van der Waals surface area (Å²) in [6, 6.07) is 0.537. The number of thiophene rings is 1. The number of ether oxygens (including phenoxy) is 2. The number of amides is 1. The van der Waals surface area contributed by atoms with E-state index >= 15 is 0 Å². The van der Waals surface area contributed by atoms with Crippen molar-refractivity contribution in [1.82, 2.24) is 19.8 Å². The van der Waals surface area contributed by atoms with E-state index in [-0.39, 0.29) is 24.7 Å². The number of fused-ring (bicyclic) bond motifs is 3. The number of carbonyl (C=O) groups is 1. The number of aliphatic hydroxyl groups excluding tert-OH is 1. The minimum Gasteiger partial charge on any atom is -0.474 e. The van der Waals surface area contributed by atoms with Crippen molar-refractivity contribution in [1.29, 1.82) is 0 Å². The highest BCUT2D eigenvalue weighted by Gasteiger charge is 2.33. The minimum atomic E-state index is -0.454. The zero-order chi connectivity index (χ0) is 23.9. The molecule has 2 aromatic rings. The number of carbonyl (C=O) groups excluding carboxylic acids is 1. The molecule has 1 saturated heterocycles. The number of nitrogens with zero attached hydrogens (tertiary/aromatic N) is 4.